The molecule has 1 aliphatic heterocycles. The number of aromatic nitrogens is 1. The second kappa shape index (κ2) is 17.3. The lowest BCUT2D eigenvalue weighted by molar-refractivity contribution is -0.142. The maximum absolute atomic E-state index is 14.9. The van der Waals surface area contributed by atoms with E-state index in [0.717, 1.165) is 31.2 Å². The molecule has 0 spiro atoms. The molecule has 3 aliphatic rings. The van der Waals surface area contributed by atoms with Gasteiger partial charge in [-0.2, -0.15) is 0 Å². The molecule has 1 aromatic heterocycles. The van der Waals surface area contributed by atoms with E-state index in [0.29, 0.717) is 39.4 Å². The number of rotatable bonds is 14. The normalized spacial score (nSPS) is 23.0. The van der Waals surface area contributed by atoms with E-state index in [2.05, 4.69) is 17.2 Å². The molecule has 3 aromatic carbocycles. The first kappa shape index (κ1) is 42.7. The molecule has 3 fully saturated rings. The van der Waals surface area contributed by atoms with Crippen molar-refractivity contribution >= 4 is 36.2 Å². The molecule has 6 atom stereocenters. The topological polar surface area (TPSA) is 166 Å². The van der Waals surface area contributed by atoms with Crippen molar-refractivity contribution in [3.8, 4) is 28.5 Å². The molecule has 3 N–H and O–H groups in total. The van der Waals surface area contributed by atoms with Gasteiger partial charge < -0.3 is 39.4 Å². The molecule has 2 aliphatic carbocycles. The number of fused-ring (bicyclic) bond motifs is 1. The summed E-state index contributed by atoms with van der Waals surface area (Å²) in [5, 5.41) is 5.03. The number of carbonyl (C=O) groups excluding carboxylic acids is 3. The Kier molecular flexibility index (Phi) is 12.3. The Bertz CT molecular complexity index is 2280. The van der Waals surface area contributed by atoms with Crippen molar-refractivity contribution in [2.75, 3.05) is 20.8 Å². The summed E-state index contributed by atoms with van der Waals surface area (Å²) >= 11 is 0. The summed E-state index contributed by atoms with van der Waals surface area (Å²) in [7, 11) is -0.899. The molecule has 2 saturated carbocycles. The van der Waals surface area contributed by atoms with Crippen LogP contribution in [0.15, 0.2) is 91.5 Å². The molecule has 14 heteroatoms. The number of pyridine rings is 1. The molecule has 7 rings (SSSR count). The number of amides is 3. The minimum atomic E-state index is -4.08. The van der Waals surface area contributed by atoms with Crippen LogP contribution in [0, 0.1) is 11.3 Å². The Morgan fingerprint density at radius 2 is 1.67 bits per heavy atom. The third-order valence-electron chi connectivity index (χ3n) is 11.9. The van der Waals surface area contributed by atoms with Crippen LogP contribution in [0.25, 0.3) is 22.2 Å². The molecular weight excluding hydrogens is 783 g/mol. The lowest BCUT2D eigenvalue weighted by atomic mass is 9.85. The van der Waals surface area contributed by atoms with E-state index in [1.54, 1.807) is 44.6 Å². The highest BCUT2D eigenvalue weighted by molar-refractivity contribution is 7.59. The van der Waals surface area contributed by atoms with Crippen LogP contribution < -0.4 is 24.8 Å². The van der Waals surface area contributed by atoms with Crippen LogP contribution in [0.4, 0.5) is 4.79 Å². The monoisotopic (exact) mass is 838 g/mol. The summed E-state index contributed by atoms with van der Waals surface area (Å²) in [5.74, 6) is 0.231. The number of benzene rings is 3. The number of carbonyl (C=O) groups is 3. The molecule has 2 heterocycles. The quantitative estimate of drug-likeness (QED) is 0.0842. The number of likely N-dealkylation sites (tertiary alicyclic amines) is 1. The summed E-state index contributed by atoms with van der Waals surface area (Å²) in [5.41, 5.74) is 1.91. The summed E-state index contributed by atoms with van der Waals surface area (Å²) in [6.45, 7) is 9.39. The zero-order valence-electron chi connectivity index (χ0n) is 34.9. The zero-order valence-corrected chi connectivity index (χ0v) is 35.8. The van der Waals surface area contributed by atoms with E-state index in [1.165, 1.54) is 4.90 Å². The van der Waals surface area contributed by atoms with Crippen molar-refractivity contribution in [2.45, 2.75) is 95.0 Å². The van der Waals surface area contributed by atoms with Gasteiger partial charge in [0.15, 0.2) is 0 Å². The Hall–Kier alpha value is -5.39. The van der Waals surface area contributed by atoms with Gasteiger partial charge in [-0.15, -0.1) is 6.58 Å². The van der Waals surface area contributed by atoms with Gasteiger partial charge in [-0.3, -0.25) is 14.2 Å². The largest absolute Gasteiger partial charge is 0.497 e. The number of methoxy groups -OCH3 is 2. The van der Waals surface area contributed by atoms with Crippen molar-refractivity contribution in [1.82, 2.24) is 20.5 Å². The molecular formula is C46H55N4O9P. The van der Waals surface area contributed by atoms with Crippen molar-refractivity contribution < 1.29 is 42.8 Å². The summed E-state index contributed by atoms with van der Waals surface area (Å²) in [6.07, 6.45) is 3.57. The molecule has 13 nitrogen and oxygen atoms in total. The zero-order chi connectivity index (χ0) is 42.8. The Balaban J connectivity index is 1.22. The fraction of sp³-hybridized carbons (Fsp3) is 0.435. The first-order valence-corrected chi connectivity index (χ1v) is 22.4. The van der Waals surface area contributed by atoms with E-state index in [9.17, 15) is 23.8 Å². The van der Waals surface area contributed by atoms with E-state index < -0.39 is 60.1 Å². The van der Waals surface area contributed by atoms with Crippen molar-refractivity contribution in [3.63, 3.8) is 0 Å². The van der Waals surface area contributed by atoms with Crippen LogP contribution in [0.5, 0.6) is 17.2 Å². The van der Waals surface area contributed by atoms with E-state index in [-0.39, 0.29) is 31.7 Å². The highest BCUT2D eigenvalue weighted by Crippen LogP contribution is 2.70. The second-order valence-electron chi connectivity index (χ2n) is 17.2. The first-order valence-electron chi connectivity index (χ1n) is 20.5. The van der Waals surface area contributed by atoms with Crippen LogP contribution in [0.1, 0.15) is 64.9 Å². The number of hydrogen-bond acceptors (Lipinski definition) is 9. The number of hydrogen-bond donors (Lipinski definition) is 3. The van der Waals surface area contributed by atoms with Gasteiger partial charge in [0, 0.05) is 35.4 Å². The van der Waals surface area contributed by atoms with Gasteiger partial charge in [-0.1, -0.05) is 57.2 Å². The van der Waals surface area contributed by atoms with Crippen LogP contribution in [-0.2, 0) is 25.1 Å². The molecule has 0 bridgehead atoms. The van der Waals surface area contributed by atoms with Gasteiger partial charge in [-0.25, -0.2) is 9.78 Å². The van der Waals surface area contributed by atoms with Gasteiger partial charge in [0.2, 0.25) is 19.2 Å². The molecule has 60 heavy (non-hydrogen) atoms. The lowest BCUT2D eigenvalue weighted by Crippen LogP contribution is -2.58. The van der Waals surface area contributed by atoms with Crippen molar-refractivity contribution in [2.24, 2.45) is 11.3 Å². The smallest absolute Gasteiger partial charge is 0.408 e. The van der Waals surface area contributed by atoms with E-state index >= 15 is 0 Å². The number of ether oxygens (including phenoxy) is 4. The minimum Gasteiger partial charge on any atom is -0.497 e. The summed E-state index contributed by atoms with van der Waals surface area (Å²) in [4.78, 5) is 60.9. The van der Waals surface area contributed by atoms with Gasteiger partial charge in [0.1, 0.15) is 46.8 Å². The molecule has 4 aromatic rings. The van der Waals surface area contributed by atoms with Crippen molar-refractivity contribution in [3.05, 3.63) is 97.1 Å². The molecule has 3 amide bonds. The minimum absolute atomic E-state index is 0.0145. The second-order valence-corrected chi connectivity index (χ2v) is 19.7. The molecule has 2 unspecified atom stereocenters. The highest BCUT2D eigenvalue weighted by atomic mass is 31.2. The first-order chi connectivity index (χ1) is 28.6. The summed E-state index contributed by atoms with van der Waals surface area (Å²) < 4.78 is 37.7. The van der Waals surface area contributed by atoms with Gasteiger partial charge >= 0.3 is 6.09 Å². The van der Waals surface area contributed by atoms with Crippen LogP contribution in [-0.4, -0.2) is 83.0 Å². The third kappa shape index (κ3) is 9.02. The molecule has 318 valence electrons. The fourth-order valence-electron chi connectivity index (χ4n) is 8.44. The Labute approximate surface area is 351 Å². The number of nitrogens with zero attached hydrogens (tertiary/aromatic N) is 2. The third-order valence-corrected chi connectivity index (χ3v) is 14.6. The average molecular weight is 839 g/mol. The Morgan fingerprint density at radius 1 is 0.983 bits per heavy atom. The SMILES string of the molecule is C=C[C@@H]1C[C@]1(NC(=O)[C@@H]1C[C@@H](Oc2cc(-c3ccc(OC)cc3)nc3cc(OC)ccc23)CN1C(=O)C(NC(=O)OC1CCCC1)C(C)(C)C)P(=O)(O)Cc1ccccc1. The lowest BCUT2D eigenvalue weighted by Gasteiger charge is -2.36. The van der Waals surface area contributed by atoms with Crippen LogP contribution in [0.3, 0.4) is 0 Å². The van der Waals surface area contributed by atoms with Gasteiger partial charge in [0.05, 0.1) is 38.1 Å². The molecule has 0 radical (unpaired) electrons. The highest BCUT2D eigenvalue weighted by Gasteiger charge is 2.65. The van der Waals surface area contributed by atoms with Crippen LogP contribution in [0.2, 0.25) is 0 Å². The van der Waals surface area contributed by atoms with E-state index in [4.69, 9.17) is 23.9 Å². The summed E-state index contributed by atoms with van der Waals surface area (Å²) in [6, 6.07) is 21.6. The number of alkyl carbamates (subject to hydrolysis) is 1. The molecule has 1 saturated heterocycles. The predicted molar refractivity (Wildman–Crippen MR) is 229 cm³/mol. The van der Waals surface area contributed by atoms with E-state index in [1.807, 2.05) is 75.4 Å². The number of nitrogens with one attached hydrogen (secondary N) is 2. The fourth-order valence-corrected chi connectivity index (χ4v) is 10.8. The Morgan fingerprint density at radius 3 is 2.30 bits per heavy atom. The average Bonchev–Trinajstić information content (AvgIpc) is 3.48. The standard InChI is InChI=1S/C46H55N4O9P/c1-7-31-26-46(31,60(54,55)28-29-13-9-8-10-14-29)49-42(51)39-24-35(27-50(39)43(52)41(45(2,3)4)48-44(53)59-33-15-11-12-16-33)58-40-25-37(30-17-19-32(56-5)20-18-30)47-38-23-34(57-6)21-22-36(38)40/h7-10,13-14,17-23,25,31,33,35,39,41H,1,11-12,15-16,24,26-28H2,2-6H3,(H,48,53)(H,49,51)(H,54,55)/t31-,35-,39+,41?,46+/m1/s1. The maximum atomic E-state index is 14.9. The van der Waals surface area contributed by atoms with Crippen LogP contribution >= 0.6 is 7.37 Å². The van der Waals surface area contributed by atoms with Crippen molar-refractivity contribution in [1.29, 1.82) is 0 Å². The maximum Gasteiger partial charge on any atom is 0.408 e. The van der Waals surface area contributed by atoms with Gasteiger partial charge in [-0.05, 0) is 79.5 Å². The predicted octanol–water partition coefficient (Wildman–Crippen LogP) is 7.84. The van der Waals surface area contributed by atoms with Gasteiger partial charge in [0.25, 0.3) is 0 Å².